The summed E-state index contributed by atoms with van der Waals surface area (Å²) in [6.45, 7) is 5.82. The zero-order chi connectivity index (χ0) is 15.5. The second-order valence-electron chi connectivity index (χ2n) is 5.31. The van der Waals surface area contributed by atoms with E-state index >= 15 is 0 Å². The van der Waals surface area contributed by atoms with E-state index in [1.807, 2.05) is 17.8 Å². The lowest BCUT2D eigenvalue weighted by Gasteiger charge is -2.37. The van der Waals surface area contributed by atoms with Gasteiger partial charge in [0.05, 0.1) is 22.3 Å². The van der Waals surface area contributed by atoms with Gasteiger partial charge in [-0.2, -0.15) is 17.0 Å². The number of benzene rings is 1. The lowest BCUT2D eigenvalue weighted by molar-refractivity contribution is 0.225. The molecule has 1 aliphatic rings. The summed E-state index contributed by atoms with van der Waals surface area (Å²) in [5, 5.41) is 9.40. The number of nitrogens with zero attached hydrogens (tertiary/aromatic N) is 2. The Morgan fingerprint density at radius 3 is 2.90 bits per heavy atom. The van der Waals surface area contributed by atoms with Crippen LogP contribution in [0.5, 0.6) is 0 Å². The van der Waals surface area contributed by atoms with E-state index < -0.39 is 9.84 Å². The fraction of sp³-hybridized carbons (Fsp3) is 0.533. The Labute approximate surface area is 131 Å². The molecule has 0 aromatic heterocycles. The molecule has 2 rings (SSSR count). The van der Waals surface area contributed by atoms with Gasteiger partial charge in [-0.15, -0.1) is 0 Å². The van der Waals surface area contributed by atoms with Gasteiger partial charge in [-0.1, -0.05) is 13.0 Å². The monoisotopic (exact) mass is 324 g/mol. The SMILES string of the molecule is CC1SCCN(CCS(=O)(=O)c2cccc(C#N)c2)C1C. The Balaban J connectivity index is 2.06. The summed E-state index contributed by atoms with van der Waals surface area (Å²) in [6, 6.07) is 8.62. The molecule has 2 unspecified atom stereocenters. The molecule has 1 saturated heterocycles. The zero-order valence-corrected chi connectivity index (χ0v) is 14.0. The largest absolute Gasteiger partial charge is 0.298 e. The average molecular weight is 324 g/mol. The highest BCUT2D eigenvalue weighted by Crippen LogP contribution is 2.24. The van der Waals surface area contributed by atoms with Gasteiger partial charge in [0.25, 0.3) is 0 Å². The van der Waals surface area contributed by atoms with E-state index in [0.29, 0.717) is 23.4 Å². The van der Waals surface area contributed by atoms with Crippen molar-refractivity contribution in [2.24, 2.45) is 0 Å². The van der Waals surface area contributed by atoms with Gasteiger partial charge in [-0.3, -0.25) is 4.90 Å². The highest BCUT2D eigenvalue weighted by atomic mass is 32.2. The van der Waals surface area contributed by atoms with E-state index in [9.17, 15) is 8.42 Å². The predicted molar refractivity (Wildman–Crippen MR) is 86.2 cm³/mol. The van der Waals surface area contributed by atoms with E-state index in [2.05, 4.69) is 18.7 Å². The van der Waals surface area contributed by atoms with Gasteiger partial charge >= 0.3 is 0 Å². The maximum atomic E-state index is 12.4. The molecule has 0 spiro atoms. The number of thioether (sulfide) groups is 1. The van der Waals surface area contributed by atoms with Crippen LogP contribution in [-0.4, -0.2) is 49.2 Å². The first-order chi connectivity index (χ1) is 9.94. The van der Waals surface area contributed by atoms with Crippen LogP contribution >= 0.6 is 11.8 Å². The topological polar surface area (TPSA) is 61.2 Å². The average Bonchev–Trinajstić information content (AvgIpc) is 2.49. The van der Waals surface area contributed by atoms with Gasteiger partial charge in [0.2, 0.25) is 0 Å². The molecule has 0 amide bonds. The van der Waals surface area contributed by atoms with E-state index in [0.717, 1.165) is 12.3 Å². The zero-order valence-electron chi connectivity index (χ0n) is 12.3. The van der Waals surface area contributed by atoms with Crippen LogP contribution < -0.4 is 0 Å². The summed E-state index contributed by atoms with van der Waals surface area (Å²) >= 11 is 1.94. The number of sulfone groups is 1. The second kappa shape index (κ2) is 6.82. The third-order valence-corrected chi connectivity index (χ3v) is 7.01. The summed E-state index contributed by atoms with van der Waals surface area (Å²) < 4.78 is 24.8. The molecule has 0 aliphatic carbocycles. The van der Waals surface area contributed by atoms with Crippen molar-refractivity contribution in [2.45, 2.75) is 30.0 Å². The minimum atomic E-state index is -3.33. The highest BCUT2D eigenvalue weighted by molar-refractivity contribution is 8.00. The second-order valence-corrected chi connectivity index (χ2v) is 8.91. The number of rotatable bonds is 4. The first-order valence-electron chi connectivity index (χ1n) is 7.02. The van der Waals surface area contributed by atoms with Crippen LogP contribution in [0.2, 0.25) is 0 Å². The van der Waals surface area contributed by atoms with Gasteiger partial charge in [0.15, 0.2) is 9.84 Å². The number of hydrogen-bond acceptors (Lipinski definition) is 5. The third-order valence-electron chi connectivity index (χ3n) is 3.98. The van der Waals surface area contributed by atoms with Crippen LogP contribution in [0.3, 0.4) is 0 Å². The fourth-order valence-corrected chi connectivity index (χ4v) is 4.89. The molecular weight excluding hydrogens is 304 g/mol. The van der Waals surface area contributed by atoms with Crippen LogP contribution in [0, 0.1) is 11.3 Å². The normalized spacial score (nSPS) is 23.7. The van der Waals surface area contributed by atoms with Gasteiger partial charge in [0.1, 0.15) is 0 Å². The Bertz CT molecular complexity index is 637. The highest BCUT2D eigenvalue weighted by Gasteiger charge is 2.26. The van der Waals surface area contributed by atoms with Crippen molar-refractivity contribution in [3.05, 3.63) is 29.8 Å². The maximum absolute atomic E-state index is 12.4. The van der Waals surface area contributed by atoms with Crippen LogP contribution in [0.15, 0.2) is 29.2 Å². The van der Waals surface area contributed by atoms with E-state index in [1.54, 1.807) is 18.2 Å². The van der Waals surface area contributed by atoms with Gasteiger partial charge in [0, 0.05) is 30.1 Å². The van der Waals surface area contributed by atoms with Crippen LogP contribution in [-0.2, 0) is 9.84 Å². The minimum Gasteiger partial charge on any atom is -0.298 e. The smallest absolute Gasteiger partial charge is 0.179 e. The molecule has 1 aromatic rings. The minimum absolute atomic E-state index is 0.101. The van der Waals surface area contributed by atoms with Crippen molar-refractivity contribution in [3.8, 4) is 6.07 Å². The molecule has 0 saturated carbocycles. The standard InChI is InChI=1S/C15H20N2O2S2/c1-12-13(2)20-8-6-17(12)7-9-21(18,19)15-5-3-4-14(10-15)11-16/h3-5,10,12-13H,6-9H2,1-2H3. The van der Waals surface area contributed by atoms with Crippen molar-refractivity contribution in [1.82, 2.24) is 4.90 Å². The lowest BCUT2D eigenvalue weighted by Crippen LogP contribution is -2.46. The van der Waals surface area contributed by atoms with E-state index in [-0.39, 0.29) is 10.6 Å². The van der Waals surface area contributed by atoms with E-state index in [4.69, 9.17) is 5.26 Å². The number of nitriles is 1. The molecule has 4 nitrogen and oxygen atoms in total. The van der Waals surface area contributed by atoms with Crippen LogP contribution in [0.1, 0.15) is 19.4 Å². The molecule has 21 heavy (non-hydrogen) atoms. The lowest BCUT2D eigenvalue weighted by atomic mass is 10.2. The van der Waals surface area contributed by atoms with Gasteiger partial charge in [-0.05, 0) is 25.1 Å². The van der Waals surface area contributed by atoms with Gasteiger partial charge in [-0.25, -0.2) is 8.42 Å². The van der Waals surface area contributed by atoms with Crippen molar-refractivity contribution >= 4 is 21.6 Å². The van der Waals surface area contributed by atoms with Crippen molar-refractivity contribution in [2.75, 3.05) is 24.6 Å². The van der Waals surface area contributed by atoms with Crippen LogP contribution in [0.4, 0.5) is 0 Å². The summed E-state index contributed by atoms with van der Waals surface area (Å²) in [4.78, 5) is 2.49. The molecule has 1 heterocycles. The molecule has 1 aromatic carbocycles. The first kappa shape index (κ1) is 16.3. The van der Waals surface area contributed by atoms with Gasteiger partial charge < -0.3 is 0 Å². The fourth-order valence-electron chi connectivity index (χ4n) is 2.43. The molecule has 1 aliphatic heterocycles. The quantitative estimate of drug-likeness (QED) is 0.849. The molecule has 6 heteroatoms. The van der Waals surface area contributed by atoms with Crippen molar-refractivity contribution < 1.29 is 8.42 Å². The maximum Gasteiger partial charge on any atom is 0.179 e. The summed E-state index contributed by atoms with van der Waals surface area (Å²) in [5.74, 6) is 1.15. The predicted octanol–water partition coefficient (Wildman–Crippen LogP) is 2.16. The Morgan fingerprint density at radius 1 is 1.43 bits per heavy atom. The Hall–Kier alpha value is -1.03. The molecule has 2 atom stereocenters. The molecular formula is C15H20N2O2S2. The number of hydrogen-bond donors (Lipinski definition) is 0. The third kappa shape index (κ3) is 4.00. The molecule has 1 fully saturated rings. The van der Waals surface area contributed by atoms with Crippen molar-refractivity contribution in [3.63, 3.8) is 0 Å². The summed E-state index contributed by atoms with van der Waals surface area (Å²) in [7, 11) is -3.33. The summed E-state index contributed by atoms with van der Waals surface area (Å²) in [6.07, 6.45) is 0. The van der Waals surface area contributed by atoms with Crippen molar-refractivity contribution in [1.29, 1.82) is 5.26 Å². The molecule has 0 radical (unpaired) electrons. The molecule has 0 bridgehead atoms. The Kier molecular flexibility index (Phi) is 5.31. The van der Waals surface area contributed by atoms with Crippen LogP contribution in [0.25, 0.3) is 0 Å². The summed E-state index contributed by atoms with van der Waals surface area (Å²) in [5.41, 5.74) is 0.382. The van der Waals surface area contributed by atoms with E-state index in [1.165, 1.54) is 6.07 Å². The molecule has 114 valence electrons. The Morgan fingerprint density at radius 2 is 2.19 bits per heavy atom. The molecule has 0 N–H and O–H groups in total. The first-order valence-corrected chi connectivity index (χ1v) is 9.73.